The first-order valence-electron chi connectivity index (χ1n) is 12.0. The van der Waals surface area contributed by atoms with Crippen molar-refractivity contribution in [3.8, 4) is 0 Å². The minimum atomic E-state index is -0.290. The van der Waals surface area contributed by atoms with Gasteiger partial charge in [-0.3, -0.25) is 15.1 Å². The molecule has 35 heavy (non-hydrogen) atoms. The number of halogens is 1. The number of hydrogen-bond donors (Lipinski definition) is 3. The van der Waals surface area contributed by atoms with Gasteiger partial charge in [0, 0.05) is 58.6 Å². The van der Waals surface area contributed by atoms with E-state index >= 15 is 0 Å². The van der Waals surface area contributed by atoms with Gasteiger partial charge >= 0.3 is 0 Å². The summed E-state index contributed by atoms with van der Waals surface area (Å²) < 4.78 is 16.2. The van der Waals surface area contributed by atoms with Crippen LogP contribution in [0.25, 0.3) is 10.9 Å². The van der Waals surface area contributed by atoms with Gasteiger partial charge in [0.2, 0.25) is 0 Å². The first kappa shape index (κ1) is 22.2. The van der Waals surface area contributed by atoms with Crippen molar-refractivity contribution in [2.75, 3.05) is 10.6 Å². The molecule has 2 bridgehead atoms. The molecule has 3 N–H and O–H groups in total. The molecule has 0 aliphatic carbocycles. The van der Waals surface area contributed by atoms with E-state index in [1.165, 1.54) is 12.6 Å². The highest BCUT2D eigenvalue weighted by Crippen LogP contribution is 2.42. The number of fused-ring (bicyclic) bond motifs is 3. The van der Waals surface area contributed by atoms with Crippen LogP contribution >= 0.6 is 11.9 Å². The summed E-state index contributed by atoms with van der Waals surface area (Å²) in [4.78, 5) is 14.4. The van der Waals surface area contributed by atoms with E-state index in [0.29, 0.717) is 23.9 Å². The van der Waals surface area contributed by atoms with Gasteiger partial charge in [-0.15, -0.1) is 0 Å². The van der Waals surface area contributed by atoms with E-state index in [0.717, 1.165) is 58.8 Å². The molecular weight excluding hydrogens is 463 g/mol. The summed E-state index contributed by atoms with van der Waals surface area (Å²) in [6.07, 6.45) is 10.3. The summed E-state index contributed by atoms with van der Waals surface area (Å²) in [5.41, 5.74) is 1.86. The Bertz CT molecular complexity index is 1330. The first-order chi connectivity index (χ1) is 17.1. The van der Waals surface area contributed by atoms with E-state index in [2.05, 4.69) is 41.2 Å². The maximum Gasteiger partial charge on any atom is 0.153 e. The molecule has 2 fully saturated rings. The third-order valence-corrected chi connectivity index (χ3v) is 7.94. The molecule has 4 aromatic heterocycles. The van der Waals surface area contributed by atoms with E-state index in [-0.39, 0.29) is 5.82 Å². The second kappa shape index (κ2) is 9.43. The van der Waals surface area contributed by atoms with Crippen molar-refractivity contribution in [3.05, 3.63) is 60.4 Å². The zero-order chi connectivity index (χ0) is 23.8. The molecule has 0 saturated carbocycles. The maximum atomic E-state index is 13.7. The molecule has 2 saturated heterocycles. The van der Waals surface area contributed by atoms with Crippen molar-refractivity contribution in [3.63, 3.8) is 0 Å². The fraction of sp³-hybridized carbons (Fsp3) is 0.360. The molecule has 180 valence electrons. The van der Waals surface area contributed by atoms with Gasteiger partial charge < -0.3 is 10.6 Å². The van der Waals surface area contributed by atoms with Crippen molar-refractivity contribution in [2.24, 2.45) is 0 Å². The number of aromatic nitrogens is 5. The number of aryl methyl sites for hydroxylation is 1. The average Bonchev–Trinajstić information content (AvgIpc) is 3.24. The third-order valence-electron chi connectivity index (χ3n) is 6.70. The molecular formula is C25H27FN8S. The highest BCUT2D eigenvalue weighted by Gasteiger charge is 2.39. The van der Waals surface area contributed by atoms with Crippen molar-refractivity contribution >= 4 is 40.3 Å². The minimum absolute atomic E-state index is 0.290. The van der Waals surface area contributed by atoms with Gasteiger partial charge in [-0.2, -0.15) is 5.10 Å². The van der Waals surface area contributed by atoms with Gasteiger partial charge in [-0.1, -0.05) is 6.42 Å². The zero-order valence-electron chi connectivity index (χ0n) is 19.4. The van der Waals surface area contributed by atoms with Crippen LogP contribution in [-0.4, -0.2) is 47.6 Å². The lowest BCUT2D eigenvalue weighted by atomic mass is 9.84. The molecule has 2 aliphatic heterocycles. The van der Waals surface area contributed by atoms with E-state index in [1.807, 2.05) is 25.1 Å². The maximum absolute atomic E-state index is 13.7. The van der Waals surface area contributed by atoms with Crippen LogP contribution in [-0.2, 0) is 0 Å². The lowest BCUT2D eigenvalue weighted by molar-refractivity contribution is 0.128. The summed E-state index contributed by atoms with van der Waals surface area (Å²) in [7, 11) is 0. The van der Waals surface area contributed by atoms with Gasteiger partial charge in [0.1, 0.15) is 17.5 Å². The number of nitrogens with zero attached hydrogens (tertiary/aromatic N) is 5. The highest BCUT2D eigenvalue weighted by atomic mass is 32.2. The fourth-order valence-electron chi connectivity index (χ4n) is 5.23. The SMILES string of the molecule is Cc1cc(Nc2cc3ncccc3c(NC3CC4CCCC(C3)N4Sc3cncc(F)c3)n2)n[nH]1. The molecule has 0 spiro atoms. The first-order valence-corrected chi connectivity index (χ1v) is 12.8. The Hall–Kier alpha value is -3.24. The molecule has 2 aliphatic rings. The molecule has 0 aromatic carbocycles. The van der Waals surface area contributed by atoms with Crippen molar-refractivity contribution in [2.45, 2.75) is 62.0 Å². The number of H-pyrrole nitrogens is 1. The summed E-state index contributed by atoms with van der Waals surface area (Å²) in [5.74, 6) is 1.98. The second-order valence-electron chi connectivity index (χ2n) is 9.33. The van der Waals surface area contributed by atoms with Crippen LogP contribution in [0.15, 0.2) is 53.8 Å². The van der Waals surface area contributed by atoms with E-state index < -0.39 is 0 Å². The molecule has 6 rings (SSSR count). The Labute approximate surface area is 207 Å². The molecule has 0 amide bonds. The number of nitrogens with one attached hydrogen (secondary N) is 3. The molecule has 0 radical (unpaired) electrons. The Kier molecular flexibility index (Phi) is 5.99. The van der Waals surface area contributed by atoms with Crippen LogP contribution in [0.1, 0.15) is 37.8 Å². The monoisotopic (exact) mass is 490 g/mol. The van der Waals surface area contributed by atoms with E-state index in [4.69, 9.17) is 4.98 Å². The number of rotatable bonds is 6. The lowest BCUT2D eigenvalue weighted by Crippen LogP contribution is -2.51. The molecule has 6 heterocycles. The number of piperidine rings is 2. The van der Waals surface area contributed by atoms with Crippen LogP contribution in [0.4, 0.5) is 21.8 Å². The number of pyridine rings is 3. The van der Waals surface area contributed by atoms with Gasteiger partial charge in [0.05, 0.1) is 11.7 Å². The number of aromatic amines is 1. The summed E-state index contributed by atoms with van der Waals surface area (Å²) in [6, 6.07) is 10.6. The van der Waals surface area contributed by atoms with Crippen LogP contribution < -0.4 is 10.6 Å². The quantitative estimate of drug-likeness (QED) is 0.308. The molecule has 2 unspecified atom stereocenters. The number of hydrogen-bond acceptors (Lipinski definition) is 8. The van der Waals surface area contributed by atoms with Crippen molar-refractivity contribution in [1.82, 2.24) is 29.5 Å². The Balaban J connectivity index is 1.23. The third kappa shape index (κ3) is 4.81. The van der Waals surface area contributed by atoms with E-state index in [9.17, 15) is 4.39 Å². The predicted octanol–water partition coefficient (Wildman–Crippen LogP) is 5.44. The van der Waals surface area contributed by atoms with Crippen molar-refractivity contribution < 1.29 is 4.39 Å². The predicted molar refractivity (Wildman–Crippen MR) is 136 cm³/mol. The fourth-order valence-corrected chi connectivity index (χ4v) is 6.42. The Morgan fingerprint density at radius 1 is 1.11 bits per heavy atom. The molecule has 2 atom stereocenters. The Morgan fingerprint density at radius 3 is 2.74 bits per heavy atom. The van der Waals surface area contributed by atoms with Gasteiger partial charge in [0.15, 0.2) is 5.82 Å². The number of anilines is 3. The normalized spacial score (nSPS) is 22.3. The van der Waals surface area contributed by atoms with E-state index in [1.54, 1.807) is 30.4 Å². The zero-order valence-corrected chi connectivity index (χ0v) is 20.2. The van der Waals surface area contributed by atoms with Crippen molar-refractivity contribution in [1.29, 1.82) is 0 Å². The van der Waals surface area contributed by atoms with Crippen LogP contribution in [0.3, 0.4) is 0 Å². The topological polar surface area (TPSA) is 94.7 Å². The minimum Gasteiger partial charge on any atom is -0.367 e. The molecule has 10 heteroatoms. The standard InChI is InChI=1S/C25H27FN8S/c1-15-8-24(33-32-15)30-23-12-22-21(6-3-7-28-22)25(31-23)29-17-10-18-4-2-5-19(11-17)34(18)35-20-9-16(26)13-27-14-20/h3,6-9,12-14,17-19H,2,4-5,10-11H2,1H3,(H3,29,30,31,32,33). The van der Waals surface area contributed by atoms with Crippen LogP contribution in [0, 0.1) is 12.7 Å². The Morgan fingerprint density at radius 2 is 1.97 bits per heavy atom. The lowest BCUT2D eigenvalue weighted by Gasteiger charge is -2.48. The average molecular weight is 491 g/mol. The van der Waals surface area contributed by atoms with Crippen LogP contribution in [0.5, 0.6) is 0 Å². The largest absolute Gasteiger partial charge is 0.367 e. The van der Waals surface area contributed by atoms with Gasteiger partial charge in [-0.05, 0) is 62.8 Å². The molecule has 8 nitrogen and oxygen atoms in total. The second-order valence-corrected chi connectivity index (χ2v) is 10.4. The summed E-state index contributed by atoms with van der Waals surface area (Å²) >= 11 is 1.64. The van der Waals surface area contributed by atoms with Gasteiger partial charge in [-0.25, -0.2) is 13.7 Å². The van der Waals surface area contributed by atoms with Crippen LogP contribution in [0.2, 0.25) is 0 Å². The smallest absolute Gasteiger partial charge is 0.153 e. The summed E-state index contributed by atoms with van der Waals surface area (Å²) in [6.45, 7) is 1.97. The highest BCUT2D eigenvalue weighted by molar-refractivity contribution is 7.97. The molecule has 4 aromatic rings. The summed E-state index contributed by atoms with van der Waals surface area (Å²) in [5, 5.41) is 15.3. The van der Waals surface area contributed by atoms with Gasteiger partial charge in [0.25, 0.3) is 0 Å².